The van der Waals surface area contributed by atoms with Crippen molar-refractivity contribution in [1.29, 1.82) is 0 Å². The number of ether oxygens (including phenoxy) is 2. The van der Waals surface area contributed by atoms with Gasteiger partial charge in [-0.25, -0.2) is 4.63 Å². The number of phosphoric ester groups is 1. The van der Waals surface area contributed by atoms with E-state index in [1.165, 1.54) is 64.2 Å². The van der Waals surface area contributed by atoms with Crippen LogP contribution < -0.4 is 10.2 Å². The molecule has 0 saturated carbocycles. The summed E-state index contributed by atoms with van der Waals surface area (Å²) in [5.74, 6) is -0.893. The van der Waals surface area contributed by atoms with Gasteiger partial charge in [0.15, 0.2) is 17.1 Å². The molecule has 1 aromatic carbocycles. The Balaban J connectivity index is 1.59. The molecular weight excluding hydrogens is 765 g/mol. The molecule has 1 aromatic heterocycles. The molecule has 2 aromatic rings. The van der Waals surface area contributed by atoms with Gasteiger partial charge in [-0.05, 0) is 46.9 Å². The maximum absolute atomic E-state index is 12.7. The van der Waals surface area contributed by atoms with Crippen molar-refractivity contribution in [2.24, 2.45) is 5.18 Å². The van der Waals surface area contributed by atoms with Crippen molar-refractivity contribution in [3.8, 4) is 0 Å². The Morgan fingerprint density at radius 1 is 0.741 bits per heavy atom. The SMILES string of the molecule is CCCCCCCCCCCCCCCC(=O)OC[C@H](COP(=O)([O-])OCC[N+](C)(C)C)OC(=O)CCCCCCCCCCCNc1ccc(N=O)c2nonc12. The summed E-state index contributed by atoms with van der Waals surface area (Å²) in [5, 5.41) is 13.9. The Bertz CT molecular complexity index is 1450. The standard InChI is InChI=1S/C42H74N5O10P/c1-5-6-7-8-9-10-11-12-13-15-18-21-24-27-39(48)53-34-36(35-55-58(51,52)54-33-32-47(2,3)4)56-40(49)28-25-22-19-16-14-17-20-23-26-31-43-37-29-30-38(44-50)42-41(37)45-57-46-42/h29-30,36H,5-28,31-35H2,1-4H3,(H-,43,46,50,51,52)/t36-/m1/s1. The molecule has 58 heavy (non-hydrogen) atoms. The molecule has 332 valence electrons. The largest absolute Gasteiger partial charge is 0.756 e. The minimum atomic E-state index is -4.65. The Kier molecular flexibility index (Phi) is 27.3. The molecule has 0 aliphatic heterocycles. The van der Waals surface area contributed by atoms with Gasteiger partial charge in [0, 0.05) is 19.4 Å². The Morgan fingerprint density at radius 2 is 1.26 bits per heavy atom. The number of rotatable bonds is 38. The Morgan fingerprint density at radius 3 is 1.81 bits per heavy atom. The van der Waals surface area contributed by atoms with Crippen LogP contribution in [0.1, 0.15) is 161 Å². The number of carbonyl (C=O) groups is 2. The van der Waals surface area contributed by atoms with E-state index < -0.39 is 32.5 Å². The number of phosphoric acid groups is 1. The minimum absolute atomic E-state index is 0.0502. The molecule has 0 bridgehead atoms. The van der Waals surface area contributed by atoms with Crippen molar-refractivity contribution in [3.63, 3.8) is 0 Å². The minimum Gasteiger partial charge on any atom is -0.756 e. The van der Waals surface area contributed by atoms with Crippen LogP contribution in [0.15, 0.2) is 21.9 Å². The number of anilines is 1. The van der Waals surface area contributed by atoms with Gasteiger partial charge in [0.2, 0.25) is 0 Å². The van der Waals surface area contributed by atoms with Crippen molar-refractivity contribution in [2.45, 2.75) is 167 Å². The number of likely N-dealkylation sites (N-methyl/N-ethyl adjacent to an activating group) is 1. The number of nitrogens with one attached hydrogen (secondary N) is 1. The van der Waals surface area contributed by atoms with Gasteiger partial charge >= 0.3 is 11.9 Å². The zero-order chi connectivity index (χ0) is 42.3. The number of nitrogens with zero attached hydrogens (tertiary/aromatic N) is 4. The van der Waals surface area contributed by atoms with Gasteiger partial charge in [0.25, 0.3) is 7.82 Å². The highest BCUT2D eigenvalue weighted by molar-refractivity contribution is 7.45. The molecule has 0 fully saturated rings. The number of nitroso groups, excluding NO2 is 1. The summed E-state index contributed by atoms with van der Waals surface area (Å²) in [5.41, 5.74) is 1.82. The second-order valence-electron chi connectivity index (χ2n) is 16.4. The third-order valence-electron chi connectivity index (χ3n) is 10.0. The van der Waals surface area contributed by atoms with Crippen LogP contribution in [-0.4, -0.2) is 86.9 Å². The summed E-state index contributed by atoms with van der Waals surface area (Å²) in [4.78, 5) is 48.5. The zero-order valence-electron chi connectivity index (χ0n) is 36.1. The monoisotopic (exact) mass is 840 g/mol. The normalized spacial score (nSPS) is 13.3. The number of quaternary nitrogens is 1. The van der Waals surface area contributed by atoms with E-state index in [1.54, 1.807) is 12.1 Å². The summed E-state index contributed by atoms with van der Waals surface area (Å²) < 4.78 is 38.6. The fourth-order valence-electron chi connectivity index (χ4n) is 6.47. The highest BCUT2D eigenvalue weighted by atomic mass is 31.2. The first kappa shape index (κ1) is 51.2. The van der Waals surface area contributed by atoms with Crippen LogP contribution in [0.2, 0.25) is 0 Å². The van der Waals surface area contributed by atoms with E-state index >= 15 is 0 Å². The van der Waals surface area contributed by atoms with Crippen LogP contribution in [0.4, 0.5) is 11.4 Å². The first-order valence-electron chi connectivity index (χ1n) is 22.0. The molecular formula is C42H74N5O10P. The van der Waals surface area contributed by atoms with Gasteiger partial charge < -0.3 is 33.2 Å². The molecule has 2 atom stereocenters. The molecule has 0 spiro atoms. The number of carbonyl (C=O) groups excluding carboxylic acids is 2. The molecule has 1 heterocycles. The fourth-order valence-corrected chi connectivity index (χ4v) is 7.20. The molecule has 1 N–H and O–H groups in total. The number of hydrogen-bond donors (Lipinski definition) is 1. The summed E-state index contributed by atoms with van der Waals surface area (Å²) in [6, 6.07) is 3.35. The first-order chi connectivity index (χ1) is 27.9. The van der Waals surface area contributed by atoms with E-state index in [9.17, 15) is 24.0 Å². The number of hydrogen-bond acceptors (Lipinski definition) is 14. The van der Waals surface area contributed by atoms with Gasteiger partial charge in [-0.1, -0.05) is 129 Å². The summed E-state index contributed by atoms with van der Waals surface area (Å²) >= 11 is 0. The maximum atomic E-state index is 12.7. The Hall–Kier alpha value is -2.97. The van der Waals surface area contributed by atoms with E-state index in [4.69, 9.17) is 23.2 Å². The summed E-state index contributed by atoms with van der Waals surface area (Å²) in [6.45, 7) is 2.63. The highest BCUT2D eigenvalue weighted by Crippen LogP contribution is 2.38. The van der Waals surface area contributed by atoms with E-state index in [-0.39, 0.29) is 31.7 Å². The van der Waals surface area contributed by atoms with Crippen molar-refractivity contribution < 1.29 is 46.7 Å². The fraction of sp³-hybridized carbons (Fsp3) is 0.810. The number of fused-ring (bicyclic) bond motifs is 1. The Labute approximate surface area is 347 Å². The number of esters is 2. The van der Waals surface area contributed by atoms with Crippen molar-refractivity contribution >= 4 is 42.2 Å². The van der Waals surface area contributed by atoms with E-state index in [1.807, 2.05) is 21.1 Å². The number of aromatic nitrogens is 2. The van der Waals surface area contributed by atoms with Crippen molar-refractivity contribution in [1.82, 2.24) is 10.3 Å². The molecule has 0 amide bonds. The van der Waals surface area contributed by atoms with Crippen LogP contribution in [0.3, 0.4) is 0 Å². The predicted molar refractivity (Wildman–Crippen MR) is 225 cm³/mol. The quantitative estimate of drug-likeness (QED) is 0.0221. The molecule has 2 rings (SSSR count). The number of unbranched alkanes of at least 4 members (excludes halogenated alkanes) is 20. The first-order valence-corrected chi connectivity index (χ1v) is 23.5. The van der Waals surface area contributed by atoms with Crippen LogP contribution in [0.5, 0.6) is 0 Å². The molecule has 16 heteroatoms. The van der Waals surface area contributed by atoms with E-state index in [0.717, 1.165) is 82.9 Å². The summed E-state index contributed by atoms with van der Waals surface area (Å²) in [7, 11) is 1.10. The third-order valence-corrected chi connectivity index (χ3v) is 11.0. The predicted octanol–water partition coefficient (Wildman–Crippen LogP) is 10.1. The average molecular weight is 840 g/mol. The maximum Gasteiger partial charge on any atom is 0.306 e. The smallest absolute Gasteiger partial charge is 0.306 e. The van der Waals surface area contributed by atoms with Crippen molar-refractivity contribution in [2.75, 3.05) is 59.4 Å². The highest BCUT2D eigenvalue weighted by Gasteiger charge is 2.22. The van der Waals surface area contributed by atoms with E-state index in [2.05, 4.69) is 27.7 Å². The summed E-state index contributed by atoms with van der Waals surface area (Å²) in [6.07, 6.45) is 24.1. The van der Waals surface area contributed by atoms with Crippen LogP contribution in [0.25, 0.3) is 11.0 Å². The second-order valence-corrected chi connectivity index (χ2v) is 17.8. The average Bonchev–Trinajstić information content (AvgIpc) is 3.68. The topological polar surface area (TPSA) is 192 Å². The molecule has 1 unspecified atom stereocenters. The lowest BCUT2D eigenvalue weighted by Gasteiger charge is -2.28. The van der Waals surface area contributed by atoms with Gasteiger partial charge in [0.1, 0.15) is 25.4 Å². The molecule has 15 nitrogen and oxygen atoms in total. The van der Waals surface area contributed by atoms with Gasteiger partial charge in [-0.2, -0.15) is 0 Å². The lowest BCUT2D eigenvalue weighted by atomic mass is 10.0. The molecule has 0 aliphatic carbocycles. The molecule has 0 saturated heterocycles. The number of benzene rings is 1. The second kappa shape index (κ2) is 31.0. The lowest BCUT2D eigenvalue weighted by molar-refractivity contribution is -0.870. The van der Waals surface area contributed by atoms with Crippen LogP contribution in [-0.2, 0) is 32.7 Å². The van der Waals surface area contributed by atoms with Gasteiger partial charge in [0.05, 0.1) is 33.4 Å². The van der Waals surface area contributed by atoms with Crippen molar-refractivity contribution in [3.05, 3.63) is 17.0 Å². The third kappa shape index (κ3) is 25.5. The molecule has 0 radical (unpaired) electrons. The lowest BCUT2D eigenvalue weighted by Crippen LogP contribution is -2.37. The van der Waals surface area contributed by atoms with Crippen LogP contribution in [0, 0.1) is 4.91 Å². The molecule has 0 aliphatic rings. The van der Waals surface area contributed by atoms with Gasteiger partial charge in [-0.3, -0.25) is 14.2 Å². The van der Waals surface area contributed by atoms with Crippen LogP contribution >= 0.6 is 7.82 Å². The van der Waals surface area contributed by atoms with E-state index in [0.29, 0.717) is 28.5 Å². The zero-order valence-corrected chi connectivity index (χ0v) is 37.0. The van der Waals surface area contributed by atoms with Gasteiger partial charge in [-0.15, -0.1) is 4.91 Å².